The van der Waals surface area contributed by atoms with Crippen molar-refractivity contribution < 1.29 is 9.84 Å². The molecule has 4 heteroatoms. The minimum atomic E-state index is -0.219. The largest absolute Gasteiger partial charge is 0.394 e. The van der Waals surface area contributed by atoms with Gasteiger partial charge in [-0.3, -0.25) is 4.90 Å². The fourth-order valence-corrected chi connectivity index (χ4v) is 4.63. The van der Waals surface area contributed by atoms with Crippen LogP contribution in [-0.4, -0.2) is 54.0 Å². The van der Waals surface area contributed by atoms with Crippen molar-refractivity contribution in [3.05, 3.63) is 35.9 Å². The molecule has 1 aliphatic heterocycles. The number of likely N-dealkylation sites (tertiary alicyclic amines) is 1. The number of aliphatic hydroxyl groups is 1. The summed E-state index contributed by atoms with van der Waals surface area (Å²) in [6.07, 6.45) is 2.27. The SMILES string of the molecule is CCO[C@@H]1C[C@](CO)(N[C@H]2CCN([C@H](C)c3ccccc3)C2)C1(C)C. The molecule has 2 aliphatic rings. The van der Waals surface area contributed by atoms with Gasteiger partial charge in [0.15, 0.2) is 0 Å². The highest BCUT2D eigenvalue weighted by molar-refractivity contribution is 5.19. The Kier molecular flexibility index (Phi) is 5.54. The molecule has 0 spiro atoms. The molecule has 0 amide bonds. The van der Waals surface area contributed by atoms with E-state index in [0.29, 0.717) is 12.1 Å². The fraction of sp³-hybridized carbons (Fsp3) is 0.714. The highest BCUT2D eigenvalue weighted by Crippen LogP contribution is 2.51. The Hall–Kier alpha value is -0.940. The maximum absolute atomic E-state index is 10.1. The lowest BCUT2D eigenvalue weighted by Gasteiger charge is -2.61. The van der Waals surface area contributed by atoms with Gasteiger partial charge in [0.05, 0.1) is 18.2 Å². The summed E-state index contributed by atoms with van der Waals surface area (Å²) in [6.45, 7) is 11.8. The lowest BCUT2D eigenvalue weighted by atomic mass is 9.54. The van der Waals surface area contributed by atoms with Crippen LogP contribution in [0.25, 0.3) is 0 Å². The third-order valence-corrected chi connectivity index (χ3v) is 6.74. The number of benzene rings is 1. The van der Waals surface area contributed by atoms with E-state index in [9.17, 15) is 5.11 Å². The molecule has 0 bridgehead atoms. The van der Waals surface area contributed by atoms with E-state index in [0.717, 1.165) is 32.5 Å². The predicted molar refractivity (Wildman–Crippen MR) is 102 cm³/mol. The molecule has 0 unspecified atom stereocenters. The first-order valence-electron chi connectivity index (χ1n) is 9.72. The minimum absolute atomic E-state index is 0.0454. The van der Waals surface area contributed by atoms with Crippen LogP contribution < -0.4 is 5.32 Å². The molecule has 1 heterocycles. The maximum atomic E-state index is 10.1. The maximum Gasteiger partial charge on any atom is 0.0663 e. The lowest BCUT2D eigenvalue weighted by Crippen LogP contribution is -2.75. The zero-order valence-electron chi connectivity index (χ0n) is 16.2. The predicted octanol–water partition coefficient (Wildman–Crippen LogP) is 2.98. The first-order valence-corrected chi connectivity index (χ1v) is 9.72. The monoisotopic (exact) mass is 346 g/mol. The molecule has 2 fully saturated rings. The van der Waals surface area contributed by atoms with Crippen LogP contribution in [-0.2, 0) is 4.74 Å². The van der Waals surface area contributed by atoms with Crippen molar-refractivity contribution in [1.29, 1.82) is 0 Å². The Morgan fingerprint density at radius 3 is 2.64 bits per heavy atom. The van der Waals surface area contributed by atoms with Gasteiger partial charge in [0.1, 0.15) is 0 Å². The second-order valence-corrected chi connectivity index (χ2v) is 8.32. The molecule has 2 N–H and O–H groups in total. The normalized spacial score (nSPS) is 33.2. The molecule has 0 radical (unpaired) electrons. The van der Waals surface area contributed by atoms with Gasteiger partial charge in [0, 0.05) is 37.2 Å². The second-order valence-electron chi connectivity index (χ2n) is 8.32. The van der Waals surface area contributed by atoms with Crippen molar-refractivity contribution in [2.45, 2.75) is 64.3 Å². The van der Waals surface area contributed by atoms with Crippen molar-refractivity contribution >= 4 is 0 Å². The number of rotatable bonds is 7. The molecule has 25 heavy (non-hydrogen) atoms. The van der Waals surface area contributed by atoms with E-state index in [-0.39, 0.29) is 23.7 Å². The van der Waals surface area contributed by atoms with Crippen molar-refractivity contribution in [2.24, 2.45) is 5.41 Å². The minimum Gasteiger partial charge on any atom is -0.394 e. The van der Waals surface area contributed by atoms with E-state index < -0.39 is 0 Å². The molecule has 0 aromatic heterocycles. The van der Waals surface area contributed by atoms with Crippen molar-refractivity contribution in [3.8, 4) is 0 Å². The first kappa shape index (κ1) is 18.8. The van der Waals surface area contributed by atoms with Gasteiger partial charge >= 0.3 is 0 Å². The Bertz CT molecular complexity index is 562. The topological polar surface area (TPSA) is 44.7 Å². The quantitative estimate of drug-likeness (QED) is 0.797. The Morgan fingerprint density at radius 2 is 2.04 bits per heavy atom. The first-order chi connectivity index (χ1) is 11.9. The molecule has 4 nitrogen and oxygen atoms in total. The van der Waals surface area contributed by atoms with Gasteiger partial charge < -0.3 is 15.2 Å². The van der Waals surface area contributed by atoms with Crippen LogP contribution in [0.3, 0.4) is 0 Å². The third-order valence-electron chi connectivity index (χ3n) is 6.74. The van der Waals surface area contributed by atoms with E-state index >= 15 is 0 Å². The van der Waals surface area contributed by atoms with Crippen molar-refractivity contribution in [2.75, 3.05) is 26.3 Å². The average Bonchev–Trinajstić information content (AvgIpc) is 3.09. The molecule has 140 valence electrons. The zero-order chi connectivity index (χ0) is 18.1. The summed E-state index contributed by atoms with van der Waals surface area (Å²) in [4.78, 5) is 2.55. The highest BCUT2D eigenvalue weighted by atomic mass is 16.5. The summed E-state index contributed by atoms with van der Waals surface area (Å²) in [5.74, 6) is 0. The molecule has 1 saturated heterocycles. The molecule has 1 aromatic carbocycles. The van der Waals surface area contributed by atoms with Crippen molar-refractivity contribution in [3.63, 3.8) is 0 Å². The standard InChI is InChI=1S/C21H34N2O2/c1-5-25-19-13-21(15-24,20(19,3)4)22-18-11-12-23(14-18)16(2)17-9-7-6-8-10-17/h6-10,16,18-19,22,24H,5,11-15H2,1-4H3/t16-,18+,19-,21-/m1/s1. The van der Waals surface area contributed by atoms with Crippen LogP contribution in [0.4, 0.5) is 0 Å². The van der Waals surface area contributed by atoms with E-state index in [2.05, 4.69) is 61.3 Å². The van der Waals surface area contributed by atoms with Crippen LogP contribution in [0.1, 0.15) is 52.1 Å². The van der Waals surface area contributed by atoms with E-state index in [1.165, 1.54) is 5.56 Å². The lowest BCUT2D eigenvalue weighted by molar-refractivity contribution is -0.180. The van der Waals surface area contributed by atoms with Gasteiger partial charge in [-0.05, 0) is 32.3 Å². The number of nitrogens with zero attached hydrogens (tertiary/aromatic N) is 1. The summed E-state index contributed by atoms with van der Waals surface area (Å²) >= 11 is 0. The summed E-state index contributed by atoms with van der Waals surface area (Å²) < 4.78 is 5.87. The Labute approximate surface area is 152 Å². The number of hydrogen-bond acceptors (Lipinski definition) is 4. The highest BCUT2D eigenvalue weighted by Gasteiger charge is 2.61. The zero-order valence-corrected chi connectivity index (χ0v) is 16.2. The number of hydrogen-bond donors (Lipinski definition) is 2. The van der Waals surface area contributed by atoms with Crippen LogP contribution in [0.5, 0.6) is 0 Å². The van der Waals surface area contributed by atoms with Crippen molar-refractivity contribution in [1.82, 2.24) is 10.2 Å². The van der Waals surface area contributed by atoms with Crippen LogP contribution in [0.15, 0.2) is 30.3 Å². The van der Waals surface area contributed by atoms with E-state index in [1.807, 2.05) is 6.92 Å². The second kappa shape index (κ2) is 7.36. The summed E-state index contributed by atoms with van der Waals surface area (Å²) in [7, 11) is 0. The molecular formula is C21H34N2O2. The average molecular weight is 347 g/mol. The third kappa shape index (κ3) is 3.37. The van der Waals surface area contributed by atoms with E-state index in [4.69, 9.17) is 4.74 Å². The van der Waals surface area contributed by atoms with Crippen LogP contribution >= 0.6 is 0 Å². The van der Waals surface area contributed by atoms with Gasteiger partial charge in [-0.1, -0.05) is 44.2 Å². The number of nitrogens with one attached hydrogen (secondary N) is 1. The smallest absolute Gasteiger partial charge is 0.0663 e. The Morgan fingerprint density at radius 1 is 1.32 bits per heavy atom. The molecule has 1 aliphatic carbocycles. The number of ether oxygens (including phenoxy) is 1. The summed E-state index contributed by atoms with van der Waals surface area (Å²) in [5, 5.41) is 14.0. The molecule has 4 atom stereocenters. The van der Waals surface area contributed by atoms with Gasteiger partial charge in [0.25, 0.3) is 0 Å². The van der Waals surface area contributed by atoms with Gasteiger partial charge in [-0.25, -0.2) is 0 Å². The molecule has 1 aromatic rings. The van der Waals surface area contributed by atoms with Gasteiger partial charge in [-0.15, -0.1) is 0 Å². The molecule has 1 saturated carbocycles. The number of aliphatic hydroxyl groups excluding tert-OH is 1. The van der Waals surface area contributed by atoms with Crippen LogP contribution in [0, 0.1) is 5.41 Å². The van der Waals surface area contributed by atoms with Crippen LogP contribution in [0.2, 0.25) is 0 Å². The van der Waals surface area contributed by atoms with Gasteiger partial charge in [0.2, 0.25) is 0 Å². The summed E-state index contributed by atoms with van der Waals surface area (Å²) in [5.41, 5.74) is 1.11. The van der Waals surface area contributed by atoms with E-state index in [1.54, 1.807) is 0 Å². The molecular weight excluding hydrogens is 312 g/mol. The van der Waals surface area contributed by atoms with Gasteiger partial charge in [-0.2, -0.15) is 0 Å². The fourth-order valence-electron chi connectivity index (χ4n) is 4.63. The molecule has 3 rings (SSSR count). The summed E-state index contributed by atoms with van der Waals surface area (Å²) in [6, 6.07) is 11.6. The Balaban J connectivity index is 1.61.